The maximum atomic E-state index is 13.1. The molecule has 0 bridgehead atoms. The quantitative estimate of drug-likeness (QED) is 0.0222. The van der Waals surface area contributed by atoms with Gasteiger partial charge in [0.25, 0.3) is 0 Å². The molecule has 594 valence electrons. The van der Waals surface area contributed by atoms with E-state index in [0.717, 1.165) is 102 Å². The number of hydrogen-bond acceptors (Lipinski definition) is 15. The van der Waals surface area contributed by atoms with Crippen molar-refractivity contribution in [3.05, 3.63) is 0 Å². The minimum Gasteiger partial charge on any atom is -0.462 e. The van der Waals surface area contributed by atoms with Crippen molar-refractivity contribution in [2.45, 2.75) is 445 Å². The molecule has 3 unspecified atom stereocenters. The van der Waals surface area contributed by atoms with Crippen LogP contribution >= 0.6 is 15.6 Å². The van der Waals surface area contributed by atoms with Crippen LogP contribution in [0, 0.1) is 11.8 Å². The van der Waals surface area contributed by atoms with Crippen molar-refractivity contribution in [3.63, 3.8) is 0 Å². The van der Waals surface area contributed by atoms with Gasteiger partial charge in [0.2, 0.25) is 0 Å². The Labute approximate surface area is 613 Å². The summed E-state index contributed by atoms with van der Waals surface area (Å²) in [6.07, 6.45) is 62.4. The first-order chi connectivity index (χ1) is 48.4. The maximum absolute atomic E-state index is 13.1. The summed E-state index contributed by atoms with van der Waals surface area (Å²) in [7, 11) is -9.92. The molecule has 17 nitrogen and oxygen atoms in total. The number of carbonyl (C=O) groups excluding carboxylic acids is 4. The van der Waals surface area contributed by atoms with Gasteiger partial charge in [0, 0.05) is 25.7 Å². The lowest BCUT2D eigenvalue weighted by Crippen LogP contribution is -2.30. The average molecular weight is 1470 g/mol. The summed E-state index contributed by atoms with van der Waals surface area (Å²) >= 11 is 0. The van der Waals surface area contributed by atoms with Gasteiger partial charge in [0.05, 0.1) is 26.4 Å². The van der Waals surface area contributed by atoms with Crippen LogP contribution in [0.1, 0.15) is 427 Å². The van der Waals surface area contributed by atoms with Gasteiger partial charge in [0.1, 0.15) is 19.3 Å². The Hall–Kier alpha value is -1.94. The fraction of sp³-hybridized carbons (Fsp3) is 0.951. The van der Waals surface area contributed by atoms with Crippen LogP contribution in [-0.2, 0) is 65.4 Å². The van der Waals surface area contributed by atoms with E-state index in [1.54, 1.807) is 0 Å². The number of ether oxygens (including phenoxy) is 4. The summed E-state index contributed by atoms with van der Waals surface area (Å²) in [6.45, 7) is 9.64. The molecule has 0 fully saturated rings. The van der Waals surface area contributed by atoms with Gasteiger partial charge >= 0.3 is 39.5 Å². The monoisotopic (exact) mass is 1470 g/mol. The van der Waals surface area contributed by atoms with Crippen LogP contribution in [-0.4, -0.2) is 96.7 Å². The molecule has 0 aromatic carbocycles. The van der Waals surface area contributed by atoms with Gasteiger partial charge in [-0.15, -0.1) is 0 Å². The summed E-state index contributed by atoms with van der Waals surface area (Å²) in [4.78, 5) is 73.0. The van der Waals surface area contributed by atoms with Gasteiger partial charge in [-0.2, -0.15) is 0 Å². The molecule has 0 saturated heterocycles. The summed E-state index contributed by atoms with van der Waals surface area (Å²) in [5.74, 6) is -0.550. The van der Waals surface area contributed by atoms with Crippen LogP contribution in [0.5, 0.6) is 0 Å². The number of aliphatic hydroxyl groups is 1. The number of rotatable bonds is 80. The van der Waals surface area contributed by atoms with Crippen molar-refractivity contribution in [2.75, 3.05) is 39.6 Å². The molecule has 0 aromatic heterocycles. The standard InChI is InChI=1S/C81H158O17P2/c1-7-10-12-14-16-18-20-21-22-23-24-25-26-27-28-31-36-40-47-53-59-65-80(85)97-76(69-92-79(84)64-58-52-46-39-35-32-29-30-34-37-43-49-55-61-73(4)5)71-95-99(87,88)93-67-75(82)68-94-100(89,90)96-72-77(70-91-78(83)63-57-51-45-38-33-19-17-15-13-11-8-2)98-81(86)66-60-54-48-42-41-44-50-56-62-74(6)9-3/h73-77,82H,7-72H2,1-6H3,(H,87,88)(H,89,90)/t74?,75-,76-,77-/m1/s1. The number of phosphoric acid groups is 2. The van der Waals surface area contributed by atoms with Crippen molar-refractivity contribution in [1.82, 2.24) is 0 Å². The zero-order valence-corrected chi connectivity index (χ0v) is 67.3. The number of esters is 4. The second-order valence-corrected chi connectivity index (χ2v) is 32.8. The fourth-order valence-electron chi connectivity index (χ4n) is 12.5. The Bertz CT molecular complexity index is 1930. The molecule has 0 aliphatic carbocycles. The Morgan fingerprint density at radius 2 is 0.510 bits per heavy atom. The zero-order valence-electron chi connectivity index (χ0n) is 65.5. The highest BCUT2D eigenvalue weighted by Gasteiger charge is 2.30. The van der Waals surface area contributed by atoms with Crippen LogP contribution < -0.4 is 0 Å². The Morgan fingerprint density at radius 3 is 0.760 bits per heavy atom. The Morgan fingerprint density at radius 1 is 0.290 bits per heavy atom. The molecule has 0 amide bonds. The molecule has 0 aromatic rings. The molecule has 0 heterocycles. The van der Waals surface area contributed by atoms with Gasteiger partial charge in [-0.05, 0) is 37.5 Å². The number of carbonyl (C=O) groups is 4. The molecule has 0 aliphatic rings. The summed E-state index contributed by atoms with van der Waals surface area (Å²) in [6, 6.07) is 0. The van der Waals surface area contributed by atoms with E-state index in [-0.39, 0.29) is 25.7 Å². The second kappa shape index (κ2) is 72.6. The lowest BCUT2D eigenvalue weighted by atomic mass is 9.99. The van der Waals surface area contributed by atoms with Crippen molar-refractivity contribution >= 4 is 39.5 Å². The van der Waals surface area contributed by atoms with Crippen molar-refractivity contribution in [2.24, 2.45) is 11.8 Å². The lowest BCUT2D eigenvalue weighted by Gasteiger charge is -2.21. The number of phosphoric ester groups is 2. The minimum atomic E-state index is -4.96. The van der Waals surface area contributed by atoms with E-state index < -0.39 is 97.5 Å². The molecule has 19 heteroatoms. The Kier molecular flexibility index (Phi) is 71.2. The van der Waals surface area contributed by atoms with E-state index in [1.165, 1.54) is 244 Å². The van der Waals surface area contributed by atoms with Crippen LogP contribution in [0.2, 0.25) is 0 Å². The third kappa shape index (κ3) is 73.0. The highest BCUT2D eigenvalue weighted by molar-refractivity contribution is 7.47. The number of aliphatic hydroxyl groups excluding tert-OH is 1. The molecule has 0 saturated carbocycles. The van der Waals surface area contributed by atoms with Gasteiger partial charge in [-0.3, -0.25) is 37.3 Å². The van der Waals surface area contributed by atoms with Gasteiger partial charge in [-0.1, -0.05) is 375 Å². The first-order valence-electron chi connectivity index (χ1n) is 42.0. The second-order valence-electron chi connectivity index (χ2n) is 29.9. The maximum Gasteiger partial charge on any atom is 0.472 e. The number of hydrogen-bond donors (Lipinski definition) is 3. The SMILES string of the molecule is CCCCCCCCCCCCCCCCCCCCCCCC(=O)O[C@H](COC(=O)CCCCCCCCCCCCCCCC(C)C)COP(=O)(O)OC[C@@H](O)COP(=O)(O)OC[C@@H](COC(=O)CCCCCCCCCCCCC)OC(=O)CCCCCCCCCCC(C)CC. The van der Waals surface area contributed by atoms with Crippen LogP contribution in [0.15, 0.2) is 0 Å². The molecule has 0 rings (SSSR count). The van der Waals surface area contributed by atoms with Crippen LogP contribution in [0.4, 0.5) is 0 Å². The fourth-order valence-corrected chi connectivity index (χ4v) is 14.1. The van der Waals surface area contributed by atoms with E-state index >= 15 is 0 Å². The topological polar surface area (TPSA) is 237 Å². The third-order valence-corrected chi connectivity index (χ3v) is 21.2. The highest BCUT2D eigenvalue weighted by Crippen LogP contribution is 2.45. The van der Waals surface area contributed by atoms with Crippen molar-refractivity contribution in [3.8, 4) is 0 Å². The van der Waals surface area contributed by atoms with Crippen LogP contribution in [0.25, 0.3) is 0 Å². The van der Waals surface area contributed by atoms with E-state index in [0.29, 0.717) is 25.7 Å². The summed E-state index contributed by atoms with van der Waals surface area (Å²) < 4.78 is 68.7. The van der Waals surface area contributed by atoms with Gasteiger partial charge in [0.15, 0.2) is 12.2 Å². The zero-order chi connectivity index (χ0) is 73.5. The summed E-state index contributed by atoms with van der Waals surface area (Å²) in [5, 5.41) is 10.6. The molecule has 6 atom stereocenters. The van der Waals surface area contributed by atoms with E-state index in [9.17, 15) is 43.2 Å². The van der Waals surface area contributed by atoms with Crippen LogP contribution in [0.3, 0.4) is 0 Å². The summed E-state index contributed by atoms with van der Waals surface area (Å²) in [5.41, 5.74) is 0. The lowest BCUT2D eigenvalue weighted by molar-refractivity contribution is -0.161. The molecule has 0 radical (unpaired) electrons. The minimum absolute atomic E-state index is 0.105. The first-order valence-corrected chi connectivity index (χ1v) is 45.0. The number of unbranched alkanes of at least 4 members (excludes halogenated alkanes) is 49. The van der Waals surface area contributed by atoms with Crippen molar-refractivity contribution < 1.29 is 80.2 Å². The molecule has 100 heavy (non-hydrogen) atoms. The van der Waals surface area contributed by atoms with E-state index in [1.807, 2.05) is 0 Å². The molecule has 0 aliphatic heterocycles. The van der Waals surface area contributed by atoms with E-state index in [2.05, 4.69) is 41.5 Å². The smallest absolute Gasteiger partial charge is 0.462 e. The largest absolute Gasteiger partial charge is 0.472 e. The predicted octanol–water partition coefficient (Wildman–Crippen LogP) is 24.3. The van der Waals surface area contributed by atoms with Crippen molar-refractivity contribution in [1.29, 1.82) is 0 Å². The van der Waals surface area contributed by atoms with Gasteiger partial charge < -0.3 is 33.8 Å². The highest BCUT2D eigenvalue weighted by atomic mass is 31.2. The normalized spacial score (nSPS) is 14.2. The molecule has 3 N–H and O–H groups in total. The molecular formula is C81H158O17P2. The van der Waals surface area contributed by atoms with E-state index in [4.69, 9.17) is 37.0 Å². The Balaban J connectivity index is 5.23. The molecule has 0 spiro atoms. The predicted molar refractivity (Wildman–Crippen MR) is 409 cm³/mol. The third-order valence-electron chi connectivity index (χ3n) is 19.3. The average Bonchev–Trinajstić information content (AvgIpc) is 1.13. The molecular weight excluding hydrogens is 1310 g/mol. The van der Waals surface area contributed by atoms with Gasteiger partial charge in [-0.25, -0.2) is 9.13 Å². The first kappa shape index (κ1) is 98.1.